The van der Waals surface area contributed by atoms with Crippen LogP contribution >= 0.6 is 13.8 Å². The van der Waals surface area contributed by atoms with Gasteiger partial charge in [-0.15, -0.1) is 0 Å². The topological polar surface area (TPSA) is 60.4 Å². The molecule has 162 valence electrons. The molecule has 0 amide bonds. The van der Waals surface area contributed by atoms with Gasteiger partial charge in [0.1, 0.15) is 5.75 Å². The molecule has 9 heteroatoms. The molecule has 0 fully saturated rings. The van der Waals surface area contributed by atoms with E-state index in [-0.39, 0.29) is 11.8 Å². The maximum absolute atomic E-state index is 13.4. The Hall–Kier alpha value is -1.49. The lowest BCUT2D eigenvalue weighted by Gasteiger charge is -2.33. The van der Waals surface area contributed by atoms with Crippen molar-refractivity contribution < 1.29 is 18.3 Å². The van der Waals surface area contributed by atoms with Gasteiger partial charge < -0.3 is 13.8 Å². The van der Waals surface area contributed by atoms with E-state index in [1.54, 1.807) is 7.11 Å². The number of rotatable bonds is 9. The number of methoxy groups -OCH3 is 1. The third kappa shape index (κ3) is 4.56. The first-order chi connectivity index (χ1) is 14.4. The van der Waals surface area contributed by atoms with Gasteiger partial charge >= 0.3 is 7.60 Å². The van der Waals surface area contributed by atoms with E-state index in [1.165, 1.54) is 0 Å². The number of anilines is 1. The zero-order chi connectivity index (χ0) is 21.8. The lowest BCUT2D eigenvalue weighted by Crippen LogP contribution is -2.29. The van der Waals surface area contributed by atoms with Crippen LogP contribution in [0.25, 0.3) is 0 Å². The molecule has 0 aliphatic carbocycles. The van der Waals surface area contributed by atoms with Gasteiger partial charge in [0.25, 0.3) is 0 Å². The number of hydrogen-bond acceptors (Lipinski definition) is 6. The summed E-state index contributed by atoms with van der Waals surface area (Å²) in [6.45, 7) is 6.20. The van der Waals surface area contributed by atoms with Crippen LogP contribution in [-0.2, 0) is 25.4 Å². The second-order valence-corrected chi connectivity index (χ2v) is 13.4. The molecule has 0 saturated heterocycles. The van der Waals surface area contributed by atoms with Gasteiger partial charge in [0.05, 0.1) is 44.0 Å². The van der Waals surface area contributed by atoms with Crippen LogP contribution in [-0.4, -0.2) is 37.9 Å². The first-order valence-corrected chi connectivity index (χ1v) is 14.5. The molecule has 0 N–H and O–H groups in total. The third-order valence-electron chi connectivity index (χ3n) is 4.92. The Kier molecular flexibility index (Phi) is 7.54. The van der Waals surface area contributed by atoms with Gasteiger partial charge in [0.15, 0.2) is 0 Å². The Labute approximate surface area is 183 Å². The summed E-state index contributed by atoms with van der Waals surface area (Å²) in [5.41, 5.74) is 1.53. The zero-order valence-corrected chi connectivity index (χ0v) is 20.3. The Morgan fingerprint density at radius 2 is 1.67 bits per heavy atom. The van der Waals surface area contributed by atoms with Gasteiger partial charge in [0.2, 0.25) is 0 Å². The lowest BCUT2D eigenvalue weighted by atomic mass is 10.3. The average molecular weight is 466 g/mol. The van der Waals surface area contributed by atoms with Crippen LogP contribution in [0.4, 0.5) is 5.69 Å². The molecule has 6 nitrogen and oxygen atoms in total. The van der Waals surface area contributed by atoms with E-state index in [4.69, 9.17) is 30.7 Å². The number of hydrazone groups is 1. The van der Waals surface area contributed by atoms with E-state index in [1.807, 2.05) is 80.1 Å². The summed E-state index contributed by atoms with van der Waals surface area (Å²) in [6, 6.07) is 17.7. The quantitative estimate of drug-likeness (QED) is 0.471. The van der Waals surface area contributed by atoms with Gasteiger partial charge in [0, 0.05) is 11.0 Å². The number of ether oxygens (including phenoxy) is 1. The van der Waals surface area contributed by atoms with Gasteiger partial charge in [-0.3, -0.25) is 4.57 Å². The molecule has 0 aromatic heterocycles. The number of benzene rings is 2. The highest BCUT2D eigenvalue weighted by atomic mass is 32.4. The maximum atomic E-state index is 13.4. The minimum Gasteiger partial charge on any atom is -0.497 e. The summed E-state index contributed by atoms with van der Waals surface area (Å²) < 4.78 is 31.9. The van der Waals surface area contributed by atoms with Gasteiger partial charge in [-0.25, -0.2) is 4.78 Å². The van der Waals surface area contributed by atoms with Crippen LogP contribution in [0.5, 0.6) is 5.75 Å². The standard InChI is InChI=1S/C21H28N2O4P2S/c1-5-26-28(24,27-6-2)16-21-17(3)22-23(18-10-8-7-9-11-18)29(21,30)20-14-12-19(25-4)13-15-20/h7-15,21H,5-6,16H2,1-4H3. The van der Waals surface area contributed by atoms with Gasteiger partial charge in [-0.1, -0.05) is 30.0 Å². The molecule has 1 heterocycles. The maximum Gasteiger partial charge on any atom is 0.331 e. The second kappa shape index (κ2) is 9.76. The number of hydrogen-bond donors (Lipinski definition) is 0. The SMILES string of the molecule is CCOP(=O)(CC1C(C)=NN(c2ccccc2)P1(=S)c1ccc(OC)cc1)OCC. The Morgan fingerprint density at radius 3 is 2.20 bits per heavy atom. The highest BCUT2D eigenvalue weighted by Crippen LogP contribution is 2.64. The van der Waals surface area contributed by atoms with Crippen LogP contribution in [0.3, 0.4) is 0 Å². The second-order valence-electron chi connectivity index (χ2n) is 6.83. The predicted octanol–water partition coefficient (Wildman–Crippen LogP) is 5.25. The van der Waals surface area contributed by atoms with Crippen molar-refractivity contribution in [2.45, 2.75) is 26.4 Å². The van der Waals surface area contributed by atoms with Crippen molar-refractivity contribution in [2.24, 2.45) is 5.10 Å². The molecule has 0 spiro atoms. The third-order valence-corrected chi connectivity index (χ3v) is 12.5. The van der Waals surface area contributed by atoms with E-state index < -0.39 is 13.8 Å². The highest BCUT2D eigenvalue weighted by Gasteiger charge is 2.47. The summed E-state index contributed by atoms with van der Waals surface area (Å²) in [5, 5.41) is 5.83. The molecule has 0 saturated carbocycles. The molecule has 3 rings (SSSR count). The van der Waals surface area contributed by atoms with Crippen molar-refractivity contribution in [3.8, 4) is 5.75 Å². The first kappa shape index (κ1) is 23.2. The molecular weight excluding hydrogens is 438 g/mol. The van der Waals surface area contributed by atoms with Crippen LogP contribution in [0.15, 0.2) is 59.7 Å². The minimum atomic E-state index is -3.31. The summed E-state index contributed by atoms with van der Waals surface area (Å²) >= 11 is 6.40. The molecule has 1 aliphatic rings. The van der Waals surface area contributed by atoms with Crippen molar-refractivity contribution in [2.75, 3.05) is 31.3 Å². The first-order valence-electron chi connectivity index (χ1n) is 9.91. The van der Waals surface area contributed by atoms with E-state index in [0.29, 0.717) is 13.2 Å². The van der Waals surface area contributed by atoms with Crippen molar-refractivity contribution in [1.82, 2.24) is 0 Å². The number of nitrogens with zero attached hydrogens (tertiary/aromatic N) is 2. The van der Waals surface area contributed by atoms with E-state index >= 15 is 0 Å². The fourth-order valence-corrected chi connectivity index (χ4v) is 11.3. The summed E-state index contributed by atoms with van der Waals surface area (Å²) in [4.78, 5) is 0. The molecule has 2 aromatic carbocycles. The fraction of sp³-hybridized carbons (Fsp3) is 0.381. The average Bonchev–Trinajstić information content (AvgIpc) is 3.00. The Morgan fingerprint density at radius 1 is 1.07 bits per heavy atom. The van der Waals surface area contributed by atoms with Crippen LogP contribution in [0, 0.1) is 0 Å². The fourth-order valence-electron chi connectivity index (χ4n) is 3.53. The molecule has 2 atom stereocenters. The lowest BCUT2D eigenvalue weighted by molar-refractivity contribution is 0.221. The minimum absolute atomic E-state index is 0.205. The van der Waals surface area contributed by atoms with E-state index in [0.717, 1.165) is 22.5 Å². The normalized spacial score (nSPS) is 21.5. The zero-order valence-electron chi connectivity index (χ0n) is 17.7. The molecular formula is C21H28N2O4P2S. The van der Waals surface area contributed by atoms with E-state index in [2.05, 4.69) is 0 Å². The Balaban J connectivity index is 2.10. The van der Waals surface area contributed by atoms with Crippen LogP contribution in [0.2, 0.25) is 0 Å². The predicted molar refractivity (Wildman–Crippen MR) is 128 cm³/mol. The Bertz CT molecular complexity index is 972. The van der Waals surface area contributed by atoms with E-state index in [9.17, 15) is 4.57 Å². The summed E-state index contributed by atoms with van der Waals surface area (Å²) in [7, 11) is -1.68. The van der Waals surface area contributed by atoms with Crippen molar-refractivity contribution >= 4 is 42.3 Å². The van der Waals surface area contributed by atoms with Crippen LogP contribution in [0.1, 0.15) is 20.8 Å². The van der Waals surface area contributed by atoms with Gasteiger partial charge in [-0.05, 0) is 57.2 Å². The largest absolute Gasteiger partial charge is 0.497 e. The highest BCUT2D eigenvalue weighted by molar-refractivity contribution is 8.20. The van der Waals surface area contributed by atoms with Crippen molar-refractivity contribution in [1.29, 1.82) is 0 Å². The molecule has 30 heavy (non-hydrogen) atoms. The van der Waals surface area contributed by atoms with Gasteiger partial charge in [-0.2, -0.15) is 5.10 Å². The molecule has 0 bridgehead atoms. The van der Waals surface area contributed by atoms with Crippen LogP contribution < -0.4 is 14.8 Å². The monoisotopic (exact) mass is 466 g/mol. The number of para-hydroxylation sites is 1. The summed E-state index contributed by atoms with van der Waals surface area (Å²) in [5.74, 6) is 0.759. The smallest absolute Gasteiger partial charge is 0.331 e. The van der Waals surface area contributed by atoms with Crippen molar-refractivity contribution in [3.05, 3.63) is 54.6 Å². The molecule has 0 radical (unpaired) electrons. The molecule has 2 unspecified atom stereocenters. The summed E-state index contributed by atoms with van der Waals surface area (Å²) in [6.07, 6.45) is -2.31. The molecule has 1 aliphatic heterocycles. The molecule has 2 aromatic rings. The van der Waals surface area contributed by atoms with Crippen molar-refractivity contribution in [3.63, 3.8) is 0 Å².